The smallest absolute Gasteiger partial charge is 0.274 e. The molecule has 9 nitrogen and oxygen atoms in total. The number of aromatic nitrogens is 2. The van der Waals surface area contributed by atoms with Gasteiger partial charge in [0.15, 0.2) is 5.43 Å². The molecule has 0 saturated heterocycles. The molecule has 2 aromatic rings. The predicted octanol–water partition coefficient (Wildman–Crippen LogP) is -0.199. The van der Waals surface area contributed by atoms with Crippen molar-refractivity contribution in [1.82, 2.24) is 19.9 Å². The normalized spacial score (nSPS) is 13.5. The molecule has 0 saturated carbocycles. The van der Waals surface area contributed by atoms with E-state index in [-0.39, 0.29) is 23.7 Å². The van der Waals surface area contributed by atoms with Crippen molar-refractivity contribution in [3.63, 3.8) is 0 Å². The van der Waals surface area contributed by atoms with Crippen LogP contribution in [-0.2, 0) is 11.3 Å². The van der Waals surface area contributed by atoms with Crippen molar-refractivity contribution in [2.75, 3.05) is 39.0 Å². The highest BCUT2D eigenvalue weighted by molar-refractivity contribution is 5.97. The summed E-state index contributed by atoms with van der Waals surface area (Å²) in [7, 11) is 3.34. The molecule has 0 aromatic carbocycles. The van der Waals surface area contributed by atoms with Gasteiger partial charge in [-0.05, 0) is 17.7 Å². The number of rotatable bonds is 6. The van der Waals surface area contributed by atoms with Gasteiger partial charge in [0.2, 0.25) is 0 Å². The molecule has 2 aromatic heterocycles. The quantitative estimate of drug-likeness (QED) is 0.756. The van der Waals surface area contributed by atoms with Crippen LogP contribution in [-0.4, -0.2) is 60.4 Å². The van der Waals surface area contributed by atoms with E-state index in [4.69, 9.17) is 4.74 Å². The highest BCUT2D eigenvalue weighted by Crippen LogP contribution is 2.12. The van der Waals surface area contributed by atoms with Crippen LogP contribution in [0.25, 0.3) is 0 Å². The molecule has 3 rings (SSSR count). The second-order valence-electron chi connectivity index (χ2n) is 6.18. The Kier molecular flexibility index (Phi) is 5.51. The molecule has 2 amide bonds. The van der Waals surface area contributed by atoms with E-state index >= 15 is 0 Å². The topological polar surface area (TPSA) is 96.8 Å². The lowest BCUT2D eigenvalue weighted by atomic mass is 10.2. The largest absolute Gasteiger partial charge is 0.383 e. The van der Waals surface area contributed by atoms with Gasteiger partial charge in [0, 0.05) is 51.9 Å². The number of pyridine rings is 2. The monoisotopic (exact) mass is 371 g/mol. The van der Waals surface area contributed by atoms with Crippen LogP contribution in [0.5, 0.6) is 0 Å². The van der Waals surface area contributed by atoms with E-state index in [0.29, 0.717) is 19.8 Å². The molecule has 1 N–H and O–H groups in total. The second-order valence-corrected chi connectivity index (χ2v) is 6.18. The summed E-state index contributed by atoms with van der Waals surface area (Å²) < 4.78 is 6.55. The van der Waals surface area contributed by atoms with Crippen molar-refractivity contribution in [2.45, 2.75) is 6.54 Å². The maximum atomic E-state index is 12.6. The zero-order valence-electron chi connectivity index (χ0n) is 15.2. The first-order valence-corrected chi connectivity index (χ1v) is 8.44. The molecular formula is C18H21N5O4. The summed E-state index contributed by atoms with van der Waals surface area (Å²) in [6.45, 7) is 1.43. The third-order valence-corrected chi connectivity index (χ3v) is 4.29. The number of amides is 2. The number of hydrogen-bond donors (Lipinski definition) is 1. The van der Waals surface area contributed by atoms with E-state index in [0.717, 1.165) is 5.56 Å². The Morgan fingerprint density at radius 1 is 1.30 bits per heavy atom. The van der Waals surface area contributed by atoms with Gasteiger partial charge in [-0.25, -0.2) is 0 Å². The molecule has 9 heteroatoms. The Morgan fingerprint density at radius 2 is 2.04 bits per heavy atom. The Bertz CT molecular complexity index is 896. The van der Waals surface area contributed by atoms with E-state index in [9.17, 15) is 14.4 Å². The molecule has 1 aliphatic rings. The van der Waals surface area contributed by atoms with Crippen LogP contribution in [0.4, 0.5) is 0 Å². The van der Waals surface area contributed by atoms with Crippen LogP contribution >= 0.6 is 0 Å². The number of fused-ring (bicyclic) bond motifs is 1. The number of ether oxygens (including phenoxy) is 1. The summed E-state index contributed by atoms with van der Waals surface area (Å²) >= 11 is 0. The maximum Gasteiger partial charge on any atom is 0.274 e. The third-order valence-electron chi connectivity index (χ3n) is 4.29. The lowest BCUT2D eigenvalue weighted by molar-refractivity contribution is 0.0634. The molecule has 3 heterocycles. The molecule has 0 aliphatic carbocycles. The maximum absolute atomic E-state index is 12.6. The first-order valence-electron chi connectivity index (χ1n) is 8.44. The van der Waals surface area contributed by atoms with E-state index in [1.54, 1.807) is 48.6 Å². The fraction of sp³-hybridized carbons (Fsp3) is 0.333. The summed E-state index contributed by atoms with van der Waals surface area (Å²) in [4.78, 5) is 43.0. The van der Waals surface area contributed by atoms with Gasteiger partial charge in [-0.15, -0.1) is 0 Å². The van der Waals surface area contributed by atoms with Crippen molar-refractivity contribution >= 4 is 11.8 Å². The molecule has 0 atom stereocenters. The number of nitrogens with one attached hydrogen (secondary N) is 1. The van der Waals surface area contributed by atoms with Crippen LogP contribution < -0.4 is 15.8 Å². The minimum Gasteiger partial charge on any atom is -0.383 e. The van der Waals surface area contributed by atoms with Crippen LogP contribution in [0, 0.1) is 0 Å². The minimum atomic E-state index is -0.496. The Balaban J connectivity index is 1.81. The molecule has 142 valence electrons. The molecule has 0 unspecified atom stereocenters. The van der Waals surface area contributed by atoms with Gasteiger partial charge in [0.1, 0.15) is 17.9 Å². The predicted molar refractivity (Wildman–Crippen MR) is 98.0 cm³/mol. The van der Waals surface area contributed by atoms with Crippen molar-refractivity contribution in [3.05, 3.63) is 63.8 Å². The van der Waals surface area contributed by atoms with E-state index in [1.807, 2.05) is 0 Å². The standard InChI is InChI=1S/C18H21N5O4/c1-21-12-22(7-8-27-2)18(26)15-9-16(24)14(11-23(15)21)17(25)20-10-13-3-5-19-6-4-13/h3-6,9,11H,7-8,10,12H2,1-2H3,(H,20,25). The molecule has 0 radical (unpaired) electrons. The van der Waals surface area contributed by atoms with Crippen molar-refractivity contribution in [2.24, 2.45) is 0 Å². The second kappa shape index (κ2) is 8.00. The summed E-state index contributed by atoms with van der Waals surface area (Å²) in [6, 6.07) is 4.77. The van der Waals surface area contributed by atoms with Crippen molar-refractivity contribution < 1.29 is 14.3 Å². The minimum absolute atomic E-state index is 0.0159. The third kappa shape index (κ3) is 3.98. The van der Waals surface area contributed by atoms with Gasteiger partial charge in [-0.3, -0.25) is 29.1 Å². The highest BCUT2D eigenvalue weighted by atomic mass is 16.5. The van der Waals surface area contributed by atoms with E-state index in [1.165, 1.54) is 16.9 Å². The van der Waals surface area contributed by atoms with Crippen LogP contribution in [0.2, 0.25) is 0 Å². The lowest BCUT2D eigenvalue weighted by Crippen LogP contribution is -2.53. The van der Waals surface area contributed by atoms with Crippen molar-refractivity contribution in [3.8, 4) is 0 Å². The lowest BCUT2D eigenvalue weighted by Gasteiger charge is -2.37. The summed E-state index contributed by atoms with van der Waals surface area (Å²) in [5.74, 6) is -0.763. The first-order chi connectivity index (χ1) is 13.0. The van der Waals surface area contributed by atoms with Gasteiger partial charge < -0.3 is 15.0 Å². The molecule has 0 bridgehead atoms. The number of methoxy groups -OCH3 is 1. The fourth-order valence-corrected chi connectivity index (χ4v) is 2.83. The average molecular weight is 371 g/mol. The molecule has 1 aliphatic heterocycles. The Hall–Kier alpha value is -3.20. The van der Waals surface area contributed by atoms with Gasteiger partial charge in [-0.2, -0.15) is 0 Å². The van der Waals surface area contributed by atoms with Crippen LogP contribution in [0.3, 0.4) is 0 Å². The summed E-state index contributed by atoms with van der Waals surface area (Å²) in [6.07, 6.45) is 4.67. The first kappa shape index (κ1) is 18.6. The average Bonchev–Trinajstić information content (AvgIpc) is 2.68. The SMILES string of the molecule is COCCN1CN(C)n2cc(C(=O)NCc3ccncc3)c(=O)cc2C1=O. The van der Waals surface area contributed by atoms with E-state index in [2.05, 4.69) is 10.3 Å². The molecule has 27 heavy (non-hydrogen) atoms. The molecule has 0 spiro atoms. The van der Waals surface area contributed by atoms with Gasteiger partial charge in [0.05, 0.1) is 6.61 Å². The number of carbonyl (C=O) groups excluding carboxylic acids is 2. The number of hydrogen-bond acceptors (Lipinski definition) is 6. The van der Waals surface area contributed by atoms with Gasteiger partial charge >= 0.3 is 0 Å². The fourth-order valence-electron chi connectivity index (χ4n) is 2.83. The summed E-state index contributed by atoms with van der Waals surface area (Å²) in [5.41, 5.74) is 0.578. The Labute approximate surface area is 156 Å². The summed E-state index contributed by atoms with van der Waals surface area (Å²) in [5, 5.41) is 4.47. The zero-order valence-corrected chi connectivity index (χ0v) is 15.2. The zero-order chi connectivity index (χ0) is 19.4. The number of nitrogens with zero attached hydrogens (tertiary/aromatic N) is 4. The van der Waals surface area contributed by atoms with Crippen LogP contribution in [0.1, 0.15) is 26.4 Å². The Morgan fingerprint density at radius 3 is 2.74 bits per heavy atom. The van der Waals surface area contributed by atoms with Crippen molar-refractivity contribution in [1.29, 1.82) is 0 Å². The molecular weight excluding hydrogens is 350 g/mol. The number of carbonyl (C=O) groups is 2. The van der Waals surface area contributed by atoms with Crippen LogP contribution in [0.15, 0.2) is 41.6 Å². The molecule has 0 fully saturated rings. The van der Waals surface area contributed by atoms with E-state index < -0.39 is 11.3 Å². The highest BCUT2D eigenvalue weighted by Gasteiger charge is 2.28. The van der Waals surface area contributed by atoms with Gasteiger partial charge in [0.25, 0.3) is 11.8 Å². The van der Waals surface area contributed by atoms with Gasteiger partial charge in [-0.1, -0.05) is 0 Å².